The normalized spacial score (nSPS) is 13.6. The maximum Gasteiger partial charge on any atom is 0.322 e. The van der Waals surface area contributed by atoms with E-state index >= 15 is 0 Å². The predicted molar refractivity (Wildman–Crippen MR) is 116 cm³/mol. The number of carbonyl (C=O) groups is 2. The van der Waals surface area contributed by atoms with Crippen LogP contribution in [0.1, 0.15) is 40.4 Å². The van der Waals surface area contributed by atoms with Crippen LogP contribution in [0, 0.1) is 6.92 Å². The van der Waals surface area contributed by atoms with E-state index in [0.717, 1.165) is 38.2 Å². The Hall–Kier alpha value is -2.97. The van der Waals surface area contributed by atoms with Gasteiger partial charge in [-0.2, -0.15) is 0 Å². The highest BCUT2D eigenvalue weighted by Gasteiger charge is 2.27. The number of imidazole rings is 1. The molecular formula is C21H19ClN4O3S. The fourth-order valence-electron chi connectivity index (χ4n) is 3.39. The number of carbonyl (C=O) groups excluding carboxylic acids is 1. The SMILES string of the molecule is Cc1cnc2n1-c1sc(C(C)C(=O)NCC(=O)O)cc1C(c1ccccc1Cl)=NC2. The molecule has 3 heterocycles. The summed E-state index contributed by atoms with van der Waals surface area (Å²) in [5, 5.41) is 12.8. The van der Waals surface area contributed by atoms with Crippen LogP contribution in [0.15, 0.2) is 41.5 Å². The Morgan fingerprint density at radius 3 is 2.83 bits per heavy atom. The number of carboxylic acids is 1. The number of benzene rings is 1. The molecule has 154 valence electrons. The smallest absolute Gasteiger partial charge is 0.322 e. The van der Waals surface area contributed by atoms with Gasteiger partial charge in [0.1, 0.15) is 17.4 Å². The van der Waals surface area contributed by atoms with Crippen LogP contribution in [-0.4, -0.2) is 38.8 Å². The van der Waals surface area contributed by atoms with E-state index in [0.29, 0.717) is 11.6 Å². The van der Waals surface area contributed by atoms with Crippen molar-refractivity contribution in [3.63, 3.8) is 0 Å². The van der Waals surface area contributed by atoms with Crippen molar-refractivity contribution in [2.75, 3.05) is 6.54 Å². The van der Waals surface area contributed by atoms with E-state index < -0.39 is 18.4 Å². The molecule has 1 amide bonds. The molecule has 3 aromatic rings. The first-order valence-electron chi connectivity index (χ1n) is 9.33. The molecule has 0 saturated heterocycles. The first-order valence-corrected chi connectivity index (χ1v) is 10.5. The molecule has 2 aromatic heterocycles. The number of rotatable bonds is 5. The average molecular weight is 443 g/mol. The number of aromatic nitrogens is 2. The molecule has 1 aliphatic rings. The predicted octanol–water partition coefficient (Wildman–Crippen LogP) is 3.55. The van der Waals surface area contributed by atoms with Crippen LogP contribution in [-0.2, 0) is 16.1 Å². The lowest BCUT2D eigenvalue weighted by atomic mass is 10.0. The van der Waals surface area contributed by atoms with Gasteiger partial charge in [0.15, 0.2) is 0 Å². The highest BCUT2D eigenvalue weighted by Crippen LogP contribution is 2.37. The van der Waals surface area contributed by atoms with Crippen molar-refractivity contribution in [2.45, 2.75) is 26.3 Å². The summed E-state index contributed by atoms with van der Waals surface area (Å²) in [5.74, 6) is -1.12. The average Bonchev–Trinajstić information content (AvgIpc) is 3.26. The van der Waals surface area contributed by atoms with Gasteiger partial charge in [0, 0.05) is 32.9 Å². The number of halogens is 1. The van der Waals surface area contributed by atoms with Gasteiger partial charge >= 0.3 is 5.97 Å². The first kappa shape index (κ1) is 20.3. The lowest BCUT2D eigenvalue weighted by molar-refractivity contribution is -0.138. The Morgan fingerprint density at radius 1 is 1.33 bits per heavy atom. The van der Waals surface area contributed by atoms with Crippen molar-refractivity contribution in [1.82, 2.24) is 14.9 Å². The van der Waals surface area contributed by atoms with Crippen LogP contribution < -0.4 is 5.32 Å². The Bertz CT molecular complexity index is 1180. The summed E-state index contributed by atoms with van der Waals surface area (Å²) in [6.45, 7) is 3.74. The zero-order valence-electron chi connectivity index (χ0n) is 16.3. The van der Waals surface area contributed by atoms with E-state index in [1.54, 1.807) is 13.1 Å². The van der Waals surface area contributed by atoms with Gasteiger partial charge in [0.25, 0.3) is 0 Å². The molecule has 1 aromatic carbocycles. The van der Waals surface area contributed by atoms with Crippen molar-refractivity contribution in [1.29, 1.82) is 0 Å². The van der Waals surface area contributed by atoms with E-state index in [9.17, 15) is 9.59 Å². The van der Waals surface area contributed by atoms with Crippen LogP contribution in [0.25, 0.3) is 5.00 Å². The van der Waals surface area contributed by atoms with Crippen molar-refractivity contribution in [3.8, 4) is 5.00 Å². The van der Waals surface area contributed by atoms with Crippen molar-refractivity contribution < 1.29 is 14.7 Å². The second kappa shape index (κ2) is 8.04. The number of aryl methyl sites for hydroxylation is 1. The molecule has 0 saturated carbocycles. The number of thiophene rings is 1. The van der Waals surface area contributed by atoms with Gasteiger partial charge in [0.2, 0.25) is 5.91 Å². The molecule has 30 heavy (non-hydrogen) atoms. The quantitative estimate of drug-likeness (QED) is 0.631. The van der Waals surface area contributed by atoms with Crippen LogP contribution in [0.3, 0.4) is 0 Å². The van der Waals surface area contributed by atoms with E-state index in [-0.39, 0.29) is 5.91 Å². The molecule has 1 aliphatic heterocycles. The van der Waals surface area contributed by atoms with Crippen molar-refractivity contribution in [3.05, 3.63) is 69.1 Å². The second-order valence-electron chi connectivity index (χ2n) is 7.00. The number of hydrogen-bond donors (Lipinski definition) is 2. The maximum absolute atomic E-state index is 12.5. The lowest BCUT2D eigenvalue weighted by Crippen LogP contribution is -2.32. The number of hydrogen-bond acceptors (Lipinski definition) is 5. The Morgan fingerprint density at radius 2 is 2.10 bits per heavy atom. The summed E-state index contributed by atoms with van der Waals surface area (Å²) >= 11 is 7.94. The van der Waals surface area contributed by atoms with Crippen LogP contribution in [0.2, 0.25) is 5.02 Å². The summed E-state index contributed by atoms with van der Waals surface area (Å²) in [5.41, 5.74) is 3.41. The zero-order chi connectivity index (χ0) is 21.4. The molecule has 1 atom stereocenters. The Kier molecular flexibility index (Phi) is 5.44. The number of nitrogens with zero attached hydrogens (tertiary/aromatic N) is 3. The van der Waals surface area contributed by atoms with Gasteiger partial charge in [-0.1, -0.05) is 29.8 Å². The number of nitrogens with one attached hydrogen (secondary N) is 1. The minimum atomic E-state index is -1.08. The number of aliphatic carboxylic acids is 1. The van der Waals surface area contributed by atoms with Gasteiger partial charge in [-0.15, -0.1) is 11.3 Å². The van der Waals surface area contributed by atoms with Gasteiger partial charge in [-0.3, -0.25) is 19.1 Å². The van der Waals surface area contributed by atoms with Gasteiger partial charge in [-0.25, -0.2) is 4.98 Å². The summed E-state index contributed by atoms with van der Waals surface area (Å²) < 4.78 is 2.05. The highest BCUT2D eigenvalue weighted by molar-refractivity contribution is 7.15. The van der Waals surface area contributed by atoms with Crippen LogP contribution in [0.4, 0.5) is 0 Å². The van der Waals surface area contributed by atoms with Crippen LogP contribution in [0.5, 0.6) is 0 Å². The third-order valence-corrected chi connectivity index (χ3v) is 6.57. The molecule has 1 unspecified atom stereocenters. The lowest BCUT2D eigenvalue weighted by Gasteiger charge is -2.09. The Balaban J connectivity index is 1.82. The molecule has 4 rings (SSSR count). The van der Waals surface area contributed by atoms with Gasteiger partial charge < -0.3 is 10.4 Å². The van der Waals surface area contributed by atoms with Crippen molar-refractivity contribution >= 4 is 40.5 Å². The van der Waals surface area contributed by atoms with Gasteiger partial charge in [0.05, 0.1) is 18.2 Å². The minimum absolute atomic E-state index is 0.340. The van der Waals surface area contributed by atoms with E-state index in [2.05, 4.69) is 14.9 Å². The molecular weight excluding hydrogens is 424 g/mol. The van der Waals surface area contributed by atoms with Crippen molar-refractivity contribution in [2.24, 2.45) is 4.99 Å². The van der Waals surface area contributed by atoms with E-state index in [1.807, 2.05) is 37.3 Å². The van der Waals surface area contributed by atoms with Gasteiger partial charge in [-0.05, 0) is 26.0 Å². The van der Waals surface area contributed by atoms with Crippen LogP contribution >= 0.6 is 22.9 Å². The number of amides is 1. The third kappa shape index (κ3) is 3.64. The second-order valence-corrected chi connectivity index (χ2v) is 8.47. The summed E-state index contributed by atoms with van der Waals surface area (Å²) in [4.78, 5) is 33.3. The maximum atomic E-state index is 12.5. The molecule has 0 spiro atoms. The standard InChI is InChI=1S/C21H19ClN4O3S/c1-11-8-23-17-9-24-19(13-5-3-4-6-15(13)22)14-7-16(30-21(14)26(11)17)12(2)20(29)25-10-18(27)28/h3-8,12H,9-10H2,1-2H3,(H,25,29)(H,27,28). The first-order chi connectivity index (χ1) is 14.4. The fraction of sp³-hybridized carbons (Fsp3) is 0.238. The summed E-state index contributed by atoms with van der Waals surface area (Å²) in [6.07, 6.45) is 1.80. The molecule has 9 heteroatoms. The molecule has 0 fully saturated rings. The zero-order valence-corrected chi connectivity index (χ0v) is 17.9. The summed E-state index contributed by atoms with van der Waals surface area (Å²) in [7, 11) is 0. The molecule has 0 radical (unpaired) electrons. The highest BCUT2D eigenvalue weighted by atomic mass is 35.5. The third-order valence-electron chi connectivity index (χ3n) is 4.94. The topological polar surface area (TPSA) is 96.6 Å². The fourth-order valence-corrected chi connectivity index (χ4v) is 4.90. The molecule has 2 N–H and O–H groups in total. The largest absolute Gasteiger partial charge is 0.480 e. The molecule has 7 nitrogen and oxygen atoms in total. The molecule has 0 aliphatic carbocycles. The van der Waals surface area contributed by atoms with E-state index in [4.69, 9.17) is 21.7 Å². The summed E-state index contributed by atoms with van der Waals surface area (Å²) in [6, 6.07) is 9.47. The Labute approximate surface area is 182 Å². The number of aliphatic imine (C=N–C) groups is 1. The number of fused-ring (bicyclic) bond motifs is 3. The number of carboxylic acid groups (broad SMARTS) is 1. The monoisotopic (exact) mass is 442 g/mol. The van der Waals surface area contributed by atoms with E-state index in [1.165, 1.54) is 11.3 Å². The molecule has 0 bridgehead atoms. The minimum Gasteiger partial charge on any atom is -0.480 e.